The second-order valence-corrected chi connectivity index (χ2v) is 5.09. The van der Waals surface area contributed by atoms with Crippen LogP contribution in [0.5, 0.6) is 0 Å². The van der Waals surface area contributed by atoms with Gasteiger partial charge in [0, 0.05) is 5.69 Å². The second-order valence-electron chi connectivity index (χ2n) is 5.09. The summed E-state index contributed by atoms with van der Waals surface area (Å²) in [4.78, 5) is 49.5. The molecule has 4 rings (SSSR count). The zero-order chi connectivity index (χ0) is 16.3. The van der Waals surface area contributed by atoms with Crippen molar-refractivity contribution in [3.8, 4) is 0 Å². The van der Waals surface area contributed by atoms with Gasteiger partial charge in [-0.2, -0.15) is 0 Å². The van der Waals surface area contributed by atoms with Gasteiger partial charge < -0.3 is 10.5 Å². The van der Waals surface area contributed by atoms with Crippen LogP contribution in [0.1, 0.15) is 41.4 Å². The number of imide groups is 1. The lowest BCUT2D eigenvalue weighted by atomic mass is 10.1. The average Bonchev–Trinajstić information content (AvgIpc) is 2.95. The first-order chi connectivity index (χ1) is 11.0. The largest absolute Gasteiger partial charge is 0.398 e. The molecule has 0 aliphatic carbocycles. The number of amides is 2. The SMILES string of the molecule is Nc1cccc2c1C(=O)N(c1cccc3c1C(=O)OC3=O)C2=O. The number of benzene rings is 2. The predicted molar refractivity (Wildman–Crippen MR) is 78.2 cm³/mol. The topological polar surface area (TPSA) is 107 Å². The number of anilines is 2. The fraction of sp³-hybridized carbons (Fsp3) is 0. The molecule has 2 aliphatic rings. The summed E-state index contributed by atoms with van der Waals surface area (Å²) in [6.45, 7) is 0. The molecule has 2 N–H and O–H groups in total. The summed E-state index contributed by atoms with van der Waals surface area (Å²) in [7, 11) is 0. The Bertz CT molecular complexity index is 947. The minimum Gasteiger partial charge on any atom is -0.398 e. The Morgan fingerprint density at radius 2 is 1.48 bits per heavy atom. The number of carbonyl (C=O) groups is 4. The van der Waals surface area contributed by atoms with E-state index < -0.39 is 23.8 Å². The Morgan fingerprint density at radius 1 is 0.783 bits per heavy atom. The molecule has 0 saturated carbocycles. The van der Waals surface area contributed by atoms with E-state index in [2.05, 4.69) is 4.74 Å². The molecule has 23 heavy (non-hydrogen) atoms. The van der Waals surface area contributed by atoms with Crippen LogP contribution in [0.15, 0.2) is 36.4 Å². The van der Waals surface area contributed by atoms with E-state index in [1.807, 2.05) is 0 Å². The molecule has 2 amide bonds. The fourth-order valence-corrected chi connectivity index (χ4v) is 2.83. The Morgan fingerprint density at radius 3 is 2.22 bits per heavy atom. The van der Waals surface area contributed by atoms with Gasteiger partial charge in [0.25, 0.3) is 11.8 Å². The highest BCUT2D eigenvalue weighted by Crippen LogP contribution is 2.36. The average molecular weight is 308 g/mol. The summed E-state index contributed by atoms with van der Waals surface area (Å²) in [6, 6.07) is 8.85. The van der Waals surface area contributed by atoms with Crippen molar-refractivity contribution in [3.05, 3.63) is 58.7 Å². The first-order valence-corrected chi connectivity index (χ1v) is 6.67. The standard InChI is InChI=1S/C16H8N2O5/c17-9-5-1-3-7-11(9)14(20)18(13(7)19)10-6-2-4-8-12(10)16(22)23-15(8)21/h1-6H,17H2. The number of fused-ring (bicyclic) bond motifs is 2. The first-order valence-electron chi connectivity index (χ1n) is 6.67. The third kappa shape index (κ3) is 1.58. The van der Waals surface area contributed by atoms with Gasteiger partial charge in [0.15, 0.2) is 0 Å². The molecule has 2 heterocycles. The minimum absolute atomic E-state index is 0.0175. The predicted octanol–water partition coefficient (Wildman–Crippen LogP) is 1.38. The molecule has 0 spiro atoms. The van der Waals surface area contributed by atoms with Gasteiger partial charge in [0.2, 0.25) is 0 Å². The smallest absolute Gasteiger partial charge is 0.349 e. The maximum absolute atomic E-state index is 12.6. The Kier molecular flexibility index (Phi) is 2.45. The highest BCUT2D eigenvalue weighted by Gasteiger charge is 2.42. The van der Waals surface area contributed by atoms with Gasteiger partial charge in [-0.1, -0.05) is 12.1 Å². The Labute approximate surface area is 129 Å². The summed E-state index contributed by atoms with van der Waals surface area (Å²) >= 11 is 0. The number of rotatable bonds is 1. The van der Waals surface area contributed by atoms with Gasteiger partial charge in [0.05, 0.1) is 27.9 Å². The molecular weight excluding hydrogens is 300 g/mol. The number of esters is 2. The number of hydrogen-bond donors (Lipinski definition) is 1. The van der Waals surface area contributed by atoms with Gasteiger partial charge in [-0.15, -0.1) is 0 Å². The molecule has 112 valence electrons. The van der Waals surface area contributed by atoms with Crippen molar-refractivity contribution in [2.45, 2.75) is 0 Å². The molecule has 0 unspecified atom stereocenters. The molecule has 0 bridgehead atoms. The van der Waals surface area contributed by atoms with Gasteiger partial charge in [-0.05, 0) is 24.3 Å². The summed E-state index contributed by atoms with van der Waals surface area (Å²) in [5, 5.41) is 0. The van der Waals surface area contributed by atoms with Crippen LogP contribution in [0.2, 0.25) is 0 Å². The van der Waals surface area contributed by atoms with Crippen molar-refractivity contribution in [1.29, 1.82) is 0 Å². The molecule has 0 aromatic heterocycles. The van der Waals surface area contributed by atoms with E-state index in [1.165, 1.54) is 30.3 Å². The third-order valence-electron chi connectivity index (χ3n) is 3.84. The molecule has 7 heteroatoms. The van der Waals surface area contributed by atoms with Crippen molar-refractivity contribution in [3.63, 3.8) is 0 Å². The van der Waals surface area contributed by atoms with Gasteiger partial charge in [-0.3, -0.25) is 9.59 Å². The van der Waals surface area contributed by atoms with Crippen LogP contribution in [0.4, 0.5) is 11.4 Å². The van der Waals surface area contributed by atoms with E-state index in [1.54, 1.807) is 6.07 Å². The molecule has 2 aromatic carbocycles. The molecule has 0 atom stereocenters. The van der Waals surface area contributed by atoms with Crippen LogP contribution < -0.4 is 10.6 Å². The van der Waals surface area contributed by atoms with Gasteiger partial charge in [0.1, 0.15) is 0 Å². The monoisotopic (exact) mass is 308 g/mol. The summed E-state index contributed by atoms with van der Waals surface area (Å²) in [6.07, 6.45) is 0. The van der Waals surface area contributed by atoms with Crippen molar-refractivity contribution in [1.82, 2.24) is 0 Å². The number of cyclic esters (lactones) is 2. The van der Waals surface area contributed by atoms with Crippen LogP contribution in [0.25, 0.3) is 0 Å². The molecule has 0 saturated heterocycles. The summed E-state index contributed by atoms with van der Waals surface area (Å²) in [5.41, 5.74) is 6.16. The lowest BCUT2D eigenvalue weighted by molar-refractivity contribution is 0.0444. The van der Waals surface area contributed by atoms with Crippen molar-refractivity contribution in [2.75, 3.05) is 10.6 Å². The molecule has 0 fully saturated rings. The maximum Gasteiger partial charge on any atom is 0.349 e. The number of nitrogen functional groups attached to an aromatic ring is 1. The van der Waals surface area contributed by atoms with Crippen LogP contribution in [0, 0.1) is 0 Å². The van der Waals surface area contributed by atoms with E-state index in [0.717, 1.165) is 4.90 Å². The Hall–Kier alpha value is -3.48. The van der Waals surface area contributed by atoms with Gasteiger partial charge >= 0.3 is 11.9 Å². The van der Waals surface area contributed by atoms with Crippen LogP contribution in [0.3, 0.4) is 0 Å². The highest BCUT2D eigenvalue weighted by molar-refractivity contribution is 6.37. The summed E-state index contributed by atoms with van der Waals surface area (Å²) < 4.78 is 4.55. The molecule has 2 aromatic rings. The normalized spacial score (nSPS) is 15.7. The van der Waals surface area contributed by atoms with E-state index in [9.17, 15) is 19.2 Å². The quantitative estimate of drug-likeness (QED) is 0.369. The number of ether oxygens (including phenoxy) is 1. The molecule has 7 nitrogen and oxygen atoms in total. The zero-order valence-electron chi connectivity index (χ0n) is 11.5. The van der Waals surface area contributed by atoms with Crippen molar-refractivity contribution in [2.24, 2.45) is 0 Å². The van der Waals surface area contributed by atoms with E-state index in [-0.39, 0.29) is 33.6 Å². The Balaban J connectivity index is 1.94. The molecular formula is C16H8N2O5. The fourth-order valence-electron chi connectivity index (χ4n) is 2.83. The number of nitrogens with zero attached hydrogens (tertiary/aromatic N) is 1. The lowest BCUT2D eigenvalue weighted by Crippen LogP contribution is -2.31. The van der Waals surface area contributed by atoms with E-state index in [0.29, 0.717) is 0 Å². The second kappa shape index (κ2) is 4.26. The van der Waals surface area contributed by atoms with Gasteiger partial charge in [-0.25, -0.2) is 14.5 Å². The molecule has 0 radical (unpaired) electrons. The maximum atomic E-state index is 12.6. The zero-order valence-corrected chi connectivity index (χ0v) is 11.5. The third-order valence-corrected chi connectivity index (χ3v) is 3.84. The van der Waals surface area contributed by atoms with E-state index in [4.69, 9.17) is 5.73 Å². The van der Waals surface area contributed by atoms with Crippen LogP contribution in [-0.2, 0) is 4.74 Å². The lowest BCUT2D eigenvalue weighted by Gasteiger charge is -2.15. The summed E-state index contributed by atoms with van der Waals surface area (Å²) in [5.74, 6) is -2.92. The van der Waals surface area contributed by atoms with Crippen molar-refractivity contribution < 1.29 is 23.9 Å². The molecule has 2 aliphatic heterocycles. The minimum atomic E-state index is -0.884. The number of hydrogen-bond acceptors (Lipinski definition) is 6. The number of carbonyl (C=O) groups excluding carboxylic acids is 4. The number of nitrogens with two attached hydrogens (primary N) is 1. The highest BCUT2D eigenvalue weighted by atomic mass is 16.6. The van der Waals surface area contributed by atoms with Crippen LogP contribution in [-0.4, -0.2) is 23.8 Å². The first kappa shape index (κ1) is 13.2. The van der Waals surface area contributed by atoms with Crippen LogP contribution >= 0.6 is 0 Å². The van der Waals surface area contributed by atoms with E-state index >= 15 is 0 Å². The van der Waals surface area contributed by atoms with Crippen molar-refractivity contribution >= 4 is 35.1 Å².